The van der Waals surface area contributed by atoms with Crippen LogP contribution in [0.15, 0.2) is 48.7 Å². The molecule has 0 spiro atoms. The molecule has 1 amide bonds. The molecular formula is C20H21N3O2. The lowest BCUT2D eigenvalue weighted by Crippen LogP contribution is -2.32. The summed E-state index contributed by atoms with van der Waals surface area (Å²) in [6.45, 7) is 1.79. The lowest BCUT2D eigenvalue weighted by atomic mass is 10.0. The quantitative estimate of drug-likeness (QED) is 0.735. The van der Waals surface area contributed by atoms with Crippen LogP contribution in [0.1, 0.15) is 12.8 Å². The number of carbonyl (C=O) groups excluding carboxylic acids is 1. The number of fused-ring (bicyclic) bond motifs is 1. The molecule has 1 aliphatic rings. The molecule has 1 aliphatic heterocycles. The summed E-state index contributed by atoms with van der Waals surface area (Å²) in [5.41, 5.74) is 1.99. The van der Waals surface area contributed by atoms with Gasteiger partial charge in [-0.15, -0.1) is 0 Å². The molecule has 4 rings (SSSR count). The summed E-state index contributed by atoms with van der Waals surface area (Å²) in [5.74, 6) is 0.804. The van der Waals surface area contributed by atoms with Crippen molar-refractivity contribution in [2.45, 2.75) is 12.8 Å². The first-order valence-electron chi connectivity index (χ1n) is 8.65. The summed E-state index contributed by atoms with van der Waals surface area (Å²) in [6, 6.07) is 14.0. The largest absolute Gasteiger partial charge is 0.483 e. The van der Waals surface area contributed by atoms with Crippen LogP contribution in [-0.2, 0) is 11.8 Å². The summed E-state index contributed by atoms with van der Waals surface area (Å²) in [4.78, 5) is 14.1. The Labute approximate surface area is 146 Å². The lowest BCUT2D eigenvalue weighted by Gasteiger charge is -2.16. The van der Waals surface area contributed by atoms with Crippen LogP contribution in [0.5, 0.6) is 5.75 Å². The molecule has 0 unspecified atom stereocenters. The zero-order chi connectivity index (χ0) is 17.2. The number of hydrogen-bond acceptors (Lipinski definition) is 3. The van der Waals surface area contributed by atoms with Gasteiger partial charge in [-0.2, -0.15) is 5.10 Å². The van der Waals surface area contributed by atoms with Crippen molar-refractivity contribution < 1.29 is 9.53 Å². The Morgan fingerprint density at radius 2 is 1.84 bits per heavy atom. The fourth-order valence-electron chi connectivity index (χ4n) is 3.38. The normalized spacial score (nSPS) is 14.2. The zero-order valence-electron chi connectivity index (χ0n) is 14.3. The highest BCUT2D eigenvalue weighted by Gasteiger charge is 2.19. The molecule has 0 saturated carbocycles. The van der Waals surface area contributed by atoms with Crippen molar-refractivity contribution in [2.24, 2.45) is 7.05 Å². The Kier molecular flexibility index (Phi) is 4.14. The Bertz CT molecular complexity index is 910. The maximum atomic E-state index is 12.2. The maximum absolute atomic E-state index is 12.2. The van der Waals surface area contributed by atoms with Crippen molar-refractivity contribution in [3.8, 4) is 17.0 Å². The monoisotopic (exact) mass is 335 g/mol. The molecule has 0 radical (unpaired) electrons. The molecule has 5 heteroatoms. The number of hydrogen-bond donors (Lipinski definition) is 0. The van der Waals surface area contributed by atoms with Crippen molar-refractivity contribution in [2.75, 3.05) is 19.7 Å². The van der Waals surface area contributed by atoms with E-state index in [1.54, 1.807) is 4.68 Å². The average Bonchev–Trinajstić information content (AvgIpc) is 3.31. The molecule has 2 aromatic carbocycles. The van der Waals surface area contributed by atoms with Crippen molar-refractivity contribution in [1.82, 2.24) is 14.7 Å². The van der Waals surface area contributed by atoms with Crippen LogP contribution in [0.4, 0.5) is 0 Å². The third-order valence-electron chi connectivity index (χ3n) is 4.68. The Morgan fingerprint density at radius 1 is 1.08 bits per heavy atom. The van der Waals surface area contributed by atoms with Gasteiger partial charge >= 0.3 is 0 Å². The first-order chi connectivity index (χ1) is 12.2. The number of amides is 1. The Morgan fingerprint density at radius 3 is 2.56 bits per heavy atom. The van der Waals surface area contributed by atoms with Crippen molar-refractivity contribution in [3.05, 3.63) is 48.7 Å². The number of benzene rings is 2. The van der Waals surface area contributed by atoms with E-state index < -0.39 is 0 Å². The second-order valence-corrected chi connectivity index (χ2v) is 6.41. The SMILES string of the molecule is Cn1ccc(-c2ccc(OCC(=O)N3CCCC3)c3ccccc23)n1. The van der Waals surface area contributed by atoms with Gasteiger partial charge in [0.1, 0.15) is 5.75 Å². The molecular weight excluding hydrogens is 314 g/mol. The molecule has 5 nitrogen and oxygen atoms in total. The third-order valence-corrected chi connectivity index (χ3v) is 4.68. The first kappa shape index (κ1) is 15.7. The molecule has 128 valence electrons. The van der Waals surface area contributed by atoms with E-state index in [0.29, 0.717) is 0 Å². The molecule has 1 fully saturated rings. The van der Waals surface area contributed by atoms with Crippen LogP contribution in [0.2, 0.25) is 0 Å². The van der Waals surface area contributed by atoms with Gasteiger partial charge in [-0.1, -0.05) is 24.3 Å². The van der Waals surface area contributed by atoms with Gasteiger partial charge in [-0.3, -0.25) is 9.48 Å². The van der Waals surface area contributed by atoms with Crippen LogP contribution in [0.3, 0.4) is 0 Å². The molecule has 0 N–H and O–H groups in total. The van der Waals surface area contributed by atoms with Crippen LogP contribution < -0.4 is 4.74 Å². The van der Waals surface area contributed by atoms with Crippen LogP contribution in [0, 0.1) is 0 Å². The van der Waals surface area contributed by atoms with E-state index in [2.05, 4.69) is 11.2 Å². The highest BCUT2D eigenvalue weighted by atomic mass is 16.5. The summed E-state index contributed by atoms with van der Waals surface area (Å²) in [5, 5.41) is 6.58. The molecule has 0 atom stereocenters. The summed E-state index contributed by atoms with van der Waals surface area (Å²) in [6.07, 6.45) is 4.12. The van der Waals surface area contributed by atoms with E-state index in [-0.39, 0.29) is 12.5 Å². The Balaban J connectivity index is 1.63. The average molecular weight is 335 g/mol. The van der Waals surface area contributed by atoms with Gasteiger partial charge in [-0.05, 0) is 36.4 Å². The van der Waals surface area contributed by atoms with E-state index in [9.17, 15) is 4.79 Å². The molecule has 3 aromatic rings. The van der Waals surface area contributed by atoms with Crippen LogP contribution >= 0.6 is 0 Å². The highest BCUT2D eigenvalue weighted by molar-refractivity contribution is 5.99. The van der Waals surface area contributed by atoms with E-state index in [1.165, 1.54) is 0 Å². The fourth-order valence-corrected chi connectivity index (χ4v) is 3.38. The number of rotatable bonds is 4. The predicted octanol–water partition coefficient (Wildman–Crippen LogP) is 3.24. The second kappa shape index (κ2) is 6.59. The zero-order valence-corrected chi connectivity index (χ0v) is 14.3. The minimum atomic E-state index is 0.0652. The van der Waals surface area contributed by atoms with Crippen molar-refractivity contribution in [1.29, 1.82) is 0 Å². The smallest absolute Gasteiger partial charge is 0.260 e. The van der Waals surface area contributed by atoms with E-state index in [0.717, 1.165) is 53.7 Å². The van der Waals surface area contributed by atoms with Gasteiger partial charge in [0.2, 0.25) is 0 Å². The maximum Gasteiger partial charge on any atom is 0.260 e. The first-order valence-corrected chi connectivity index (χ1v) is 8.65. The van der Waals surface area contributed by atoms with Gasteiger partial charge in [0.25, 0.3) is 5.91 Å². The summed E-state index contributed by atoms with van der Waals surface area (Å²) < 4.78 is 7.67. The summed E-state index contributed by atoms with van der Waals surface area (Å²) in [7, 11) is 1.91. The number of carbonyl (C=O) groups is 1. The molecule has 0 aliphatic carbocycles. The number of likely N-dealkylation sites (tertiary alicyclic amines) is 1. The minimum absolute atomic E-state index is 0.0652. The third kappa shape index (κ3) is 3.09. The summed E-state index contributed by atoms with van der Waals surface area (Å²) >= 11 is 0. The fraction of sp³-hybridized carbons (Fsp3) is 0.300. The van der Waals surface area contributed by atoms with Gasteiger partial charge in [-0.25, -0.2) is 0 Å². The van der Waals surface area contributed by atoms with Crippen LogP contribution in [0.25, 0.3) is 22.0 Å². The van der Waals surface area contributed by atoms with Crippen molar-refractivity contribution >= 4 is 16.7 Å². The molecule has 1 saturated heterocycles. The lowest BCUT2D eigenvalue weighted by molar-refractivity contribution is -0.132. The van der Waals surface area contributed by atoms with E-state index in [4.69, 9.17) is 4.74 Å². The van der Waals surface area contributed by atoms with Crippen molar-refractivity contribution in [3.63, 3.8) is 0 Å². The number of aromatic nitrogens is 2. The molecule has 25 heavy (non-hydrogen) atoms. The second-order valence-electron chi connectivity index (χ2n) is 6.41. The predicted molar refractivity (Wildman–Crippen MR) is 97.5 cm³/mol. The van der Waals surface area contributed by atoms with Crippen LogP contribution in [-0.4, -0.2) is 40.3 Å². The highest BCUT2D eigenvalue weighted by Crippen LogP contribution is 2.33. The van der Waals surface area contributed by atoms with Gasteiger partial charge in [0.05, 0.1) is 5.69 Å². The molecule has 0 bridgehead atoms. The Hall–Kier alpha value is -2.82. The number of aryl methyl sites for hydroxylation is 1. The number of ether oxygens (including phenoxy) is 1. The topological polar surface area (TPSA) is 47.4 Å². The molecule has 1 aromatic heterocycles. The van der Waals surface area contributed by atoms with E-state index >= 15 is 0 Å². The van der Waals surface area contributed by atoms with Gasteiger partial charge in [0, 0.05) is 37.3 Å². The standard InChI is InChI=1S/C20H21N3O2/c1-22-13-10-18(21-22)16-8-9-19(17-7-3-2-6-15(16)17)25-14-20(24)23-11-4-5-12-23/h2-3,6-10,13H,4-5,11-12,14H2,1H3. The van der Waals surface area contributed by atoms with Gasteiger partial charge < -0.3 is 9.64 Å². The van der Waals surface area contributed by atoms with E-state index in [1.807, 2.05) is 54.5 Å². The number of nitrogens with zero attached hydrogens (tertiary/aromatic N) is 3. The van der Waals surface area contributed by atoms with Gasteiger partial charge in [0.15, 0.2) is 6.61 Å². The minimum Gasteiger partial charge on any atom is -0.483 e. The molecule has 2 heterocycles.